The monoisotopic (exact) mass is 334 g/mol. The Bertz CT molecular complexity index is 532. The van der Waals surface area contributed by atoms with Crippen LogP contribution in [0.3, 0.4) is 0 Å². The maximum absolute atomic E-state index is 12.6. The number of carbonyl (C=O) groups is 2. The van der Waals surface area contributed by atoms with Crippen LogP contribution in [0.25, 0.3) is 0 Å². The van der Waals surface area contributed by atoms with Crippen molar-refractivity contribution in [2.24, 2.45) is 0 Å². The fourth-order valence-corrected chi connectivity index (χ4v) is 2.95. The van der Waals surface area contributed by atoms with Gasteiger partial charge in [-0.05, 0) is 37.8 Å². The third kappa shape index (κ3) is 5.66. The molecule has 0 aromatic heterocycles. The van der Waals surface area contributed by atoms with Gasteiger partial charge in [-0.3, -0.25) is 0 Å². The van der Waals surface area contributed by atoms with E-state index in [9.17, 15) is 14.7 Å². The summed E-state index contributed by atoms with van der Waals surface area (Å²) in [4.78, 5) is 23.8. The third-order valence-electron chi connectivity index (χ3n) is 4.71. The van der Waals surface area contributed by atoms with Crippen molar-refractivity contribution in [3.8, 4) is 0 Å². The van der Waals surface area contributed by atoms with Crippen LogP contribution in [0.4, 0.5) is 0 Å². The summed E-state index contributed by atoms with van der Waals surface area (Å²) in [5.41, 5.74) is -0.386. The first-order valence-corrected chi connectivity index (χ1v) is 9.05. The summed E-state index contributed by atoms with van der Waals surface area (Å²) in [6.45, 7) is 6.22. The average Bonchev–Trinajstić information content (AvgIpc) is 2.60. The van der Waals surface area contributed by atoms with E-state index in [0.717, 1.165) is 32.1 Å². The second kappa shape index (κ2) is 10.1. The number of ether oxygens (including phenoxy) is 1. The lowest BCUT2D eigenvalue weighted by Crippen LogP contribution is -2.34. The van der Waals surface area contributed by atoms with Crippen LogP contribution in [-0.2, 0) is 4.74 Å². The van der Waals surface area contributed by atoms with E-state index in [1.54, 1.807) is 12.1 Å². The highest BCUT2D eigenvalue weighted by atomic mass is 16.6. The smallest absolute Gasteiger partial charge is 0.339 e. The molecule has 0 aliphatic heterocycles. The summed E-state index contributed by atoms with van der Waals surface area (Å²) in [5, 5.41) is 9.24. The number of carboxylic acids is 1. The quantitative estimate of drug-likeness (QED) is 0.431. The van der Waals surface area contributed by atoms with E-state index in [1.165, 1.54) is 31.4 Å². The van der Waals surface area contributed by atoms with Crippen LogP contribution in [0.5, 0.6) is 0 Å². The number of aromatic carboxylic acids is 1. The minimum atomic E-state index is -1.11. The molecule has 0 fully saturated rings. The maximum Gasteiger partial charge on any atom is 0.339 e. The van der Waals surface area contributed by atoms with Crippen LogP contribution in [0.15, 0.2) is 24.3 Å². The fraction of sp³-hybridized carbons (Fsp3) is 0.600. The molecule has 0 radical (unpaired) electrons. The SMILES string of the molecule is CCCCCCCC(CC)(CC)OC(=O)c1ccccc1C(=O)O. The van der Waals surface area contributed by atoms with Gasteiger partial charge in [-0.25, -0.2) is 9.59 Å². The Morgan fingerprint density at radius 3 is 2.08 bits per heavy atom. The van der Waals surface area contributed by atoms with Gasteiger partial charge in [0.15, 0.2) is 0 Å². The Morgan fingerprint density at radius 2 is 1.54 bits per heavy atom. The molecule has 0 saturated heterocycles. The van der Waals surface area contributed by atoms with Gasteiger partial charge in [0.05, 0.1) is 11.1 Å². The summed E-state index contributed by atoms with van der Waals surface area (Å²) >= 11 is 0. The Labute approximate surface area is 145 Å². The lowest BCUT2D eigenvalue weighted by atomic mass is 9.90. The van der Waals surface area contributed by atoms with Gasteiger partial charge in [0.1, 0.15) is 5.60 Å². The van der Waals surface area contributed by atoms with Gasteiger partial charge in [0.2, 0.25) is 0 Å². The van der Waals surface area contributed by atoms with E-state index >= 15 is 0 Å². The van der Waals surface area contributed by atoms with Gasteiger partial charge in [-0.15, -0.1) is 0 Å². The van der Waals surface area contributed by atoms with Gasteiger partial charge >= 0.3 is 11.9 Å². The first kappa shape index (κ1) is 20.2. The van der Waals surface area contributed by atoms with E-state index < -0.39 is 17.5 Å². The number of hydrogen-bond donors (Lipinski definition) is 1. The summed E-state index contributed by atoms with van der Waals surface area (Å²) in [6.07, 6.45) is 8.09. The van der Waals surface area contributed by atoms with Gasteiger partial charge in [0, 0.05) is 0 Å². The highest BCUT2D eigenvalue weighted by Crippen LogP contribution is 2.29. The predicted octanol–water partition coefficient (Wildman–Crippen LogP) is 5.46. The number of rotatable bonds is 11. The molecule has 0 unspecified atom stereocenters. The van der Waals surface area contributed by atoms with Crippen molar-refractivity contribution >= 4 is 11.9 Å². The number of carbonyl (C=O) groups excluding carboxylic acids is 1. The number of carboxylic acid groups (broad SMARTS) is 1. The summed E-state index contributed by atoms with van der Waals surface area (Å²) < 4.78 is 5.82. The second-order valence-electron chi connectivity index (χ2n) is 6.29. The van der Waals surface area contributed by atoms with E-state index in [0.29, 0.717) is 0 Å². The van der Waals surface area contributed by atoms with Crippen LogP contribution in [0.1, 0.15) is 92.9 Å². The minimum Gasteiger partial charge on any atom is -0.478 e. The molecule has 4 nitrogen and oxygen atoms in total. The average molecular weight is 334 g/mol. The molecule has 0 aliphatic carbocycles. The van der Waals surface area contributed by atoms with Crippen LogP contribution < -0.4 is 0 Å². The number of benzene rings is 1. The van der Waals surface area contributed by atoms with Crippen molar-refractivity contribution in [1.29, 1.82) is 0 Å². The molecule has 1 aromatic carbocycles. The van der Waals surface area contributed by atoms with Gasteiger partial charge in [0.25, 0.3) is 0 Å². The molecule has 1 rings (SSSR count). The first-order valence-electron chi connectivity index (χ1n) is 9.05. The van der Waals surface area contributed by atoms with Crippen molar-refractivity contribution in [3.05, 3.63) is 35.4 Å². The van der Waals surface area contributed by atoms with Crippen molar-refractivity contribution in [1.82, 2.24) is 0 Å². The third-order valence-corrected chi connectivity index (χ3v) is 4.71. The highest BCUT2D eigenvalue weighted by molar-refractivity contribution is 6.02. The van der Waals surface area contributed by atoms with E-state index in [-0.39, 0.29) is 11.1 Å². The summed E-state index contributed by atoms with van der Waals surface area (Å²) in [5.74, 6) is -1.65. The molecule has 0 heterocycles. The molecule has 0 amide bonds. The highest BCUT2D eigenvalue weighted by Gasteiger charge is 2.31. The van der Waals surface area contributed by atoms with Crippen molar-refractivity contribution < 1.29 is 19.4 Å². The molecular formula is C20H30O4. The summed E-state index contributed by atoms with van der Waals surface area (Å²) in [6, 6.07) is 6.22. The van der Waals surface area contributed by atoms with Crippen molar-refractivity contribution in [2.45, 2.75) is 77.7 Å². The Hall–Kier alpha value is -1.84. The maximum atomic E-state index is 12.6. The van der Waals surface area contributed by atoms with Crippen molar-refractivity contribution in [2.75, 3.05) is 0 Å². The molecule has 1 aromatic rings. The lowest BCUT2D eigenvalue weighted by molar-refractivity contribution is -0.0287. The topological polar surface area (TPSA) is 63.6 Å². The Balaban J connectivity index is 2.80. The molecule has 0 spiro atoms. The zero-order chi connectivity index (χ0) is 18.0. The molecule has 0 bridgehead atoms. The molecule has 0 aliphatic rings. The number of hydrogen-bond acceptors (Lipinski definition) is 3. The minimum absolute atomic E-state index is 0.00782. The van der Waals surface area contributed by atoms with Gasteiger partial charge < -0.3 is 9.84 Å². The molecular weight excluding hydrogens is 304 g/mol. The zero-order valence-electron chi connectivity index (χ0n) is 15.1. The van der Waals surface area contributed by atoms with E-state index in [2.05, 4.69) is 6.92 Å². The number of esters is 1. The van der Waals surface area contributed by atoms with Crippen molar-refractivity contribution in [3.63, 3.8) is 0 Å². The lowest BCUT2D eigenvalue weighted by Gasteiger charge is -2.32. The van der Waals surface area contributed by atoms with Gasteiger partial charge in [-0.2, -0.15) is 0 Å². The first-order chi connectivity index (χ1) is 11.5. The Kier molecular flexibility index (Phi) is 8.51. The van der Waals surface area contributed by atoms with E-state index in [1.807, 2.05) is 13.8 Å². The fourth-order valence-electron chi connectivity index (χ4n) is 2.95. The van der Waals surface area contributed by atoms with E-state index in [4.69, 9.17) is 4.74 Å². The standard InChI is InChI=1S/C20H30O4/c1-4-7-8-9-12-15-20(5-2,6-3)24-19(23)17-14-11-10-13-16(17)18(21)22/h10-11,13-14H,4-9,12,15H2,1-3H3,(H,21,22). The van der Waals surface area contributed by atoms with Gasteiger partial charge in [-0.1, -0.05) is 58.6 Å². The molecule has 0 saturated carbocycles. The van der Waals surface area contributed by atoms with Crippen LogP contribution in [0.2, 0.25) is 0 Å². The largest absolute Gasteiger partial charge is 0.478 e. The predicted molar refractivity (Wildman–Crippen MR) is 95.5 cm³/mol. The normalized spacial score (nSPS) is 11.3. The van der Waals surface area contributed by atoms with Crippen LogP contribution in [-0.4, -0.2) is 22.6 Å². The second-order valence-corrected chi connectivity index (χ2v) is 6.29. The molecule has 1 N–H and O–H groups in total. The molecule has 24 heavy (non-hydrogen) atoms. The summed E-state index contributed by atoms with van der Waals surface area (Å²) in [7, 11) is 0. The van der Waals surface area contributed by atoms with Crippen LogP contribution >= 0.6 is 0 Å². The molecule has 0 atom stereocenters. The molecule has 4 heteroatoms. The molecule has 134 valence electrons. The van der Waals surface area contributed by atoms with Crippen LogP contribution in [0, 0.1) is 0 Å². The zero-order valence-corrected chi connectivity index (χ0v) is 15.1. The number of unbranched alkanes of at least 4 members (excludes halogenated alkanes) is 4. The Morgan fingerprint density at radius 1 is 0.958 bits per heavy atom.